The summed E-state index contributed by atoms with van der Waals surface area (Å²) < 4.78 is 10.9. The van der Waals surface area contributed by atoms with Crippen molar-refractivity contribution in [1.82, 2.24) is 9.80 Å². The van der Waals surface area contributed by atoms with E-state index in [1.165, 1.54) is 0 Å². The number of carbonyl (C=O) groups excluding carboxylic acids is 4. The Morgan fingerprint density at radius 2 is 0.938 bits per heavy atom. The number of ether oxygens (including phenoxy) is 2. The fourth-order valence-electron chi connectivity index (χ4n) is 4.91. The molecule has 0 radical (unpaired) electrons. The topological polar surface area (TPSA) is 93.2 Å². The van der Waals surface area contributed by atoms with Crippen molar-refractivity contribution in [3.8, 4) is 0 Å². The van der Waals surface area contributed by atoms with Gasteiger partial charge in [0.1, 0.15) is 12.1 Å². The number of hydrogen-bond acceptors (Lipinski definition) is 6. The fourth-order valence-corrected chi connectivity index (χ4v) is 4.91. The van der Waals surface area contributed by atoms with E-state index in [1.807, 2.05) is 0 Å². The van der Waals surface area contributed by atoms with E-state index in [9.17, 15) is 19.2 Å². The van der Waals surface area contributed by atoms with Crippen LogP contribution in [0.4, 0.5) is 0 Å². The van der Waals surface area contributed by atoms with Crippen LogP contribution in [0.15, 0.2) is 0 Å². The van der Waals surface area contributed by atoms with Gasteiger partial charge < -0.3 is 19.3 Å². The predicted octanol–water partition coefficient (Wildman–Crippen LogP) is 2.97. The molecule has 0 aromatic carbocycles. The first-order chi connectivity index (χ1) is 15.6. The monoisotopic (exact) mass is 450 g/mol. The first-order valence-electron chi connectivity index (χ1n) is 12.5. The number of amides is 2. The second-order valence-electron chi connectivity index (χ2n) is 9.15. The Labute approximate surface area is 191 Å². The Kier molecular flexibility index (Phi) is 9.81. The van der Waals surface area contributed by atoms with Crippen LogP contribution >= 0.6 is 0 Å². The minimum Gasteiger partial charge on any atom is -0.464 e. The van der Waals surface area contributed by atoms with Gasteiger partial charge in [-0.1, -0.05) is 25.7 Å². The van der Waals surface area contributed by atoms with Crippen LogP contribution < -0.4 is 0 Å². The van der Waals surface area contributed by atoms with Crippen LogP contribution in [0.5, 0.6) is 0 Å². The lowest BCUT2D eigenvalue weighted by molar-refractivity contribution is -0.154. The van der Waals surface area contributed by atoms with Gasteiger partial charge in [0.15, 0.2) is 0 Å². The minimum atomic E-state index is -0.460. The summed E-state index contributed by atoms with van der Waals surface area (Å²) in [5.74, 6) is -0.645. The third-order valence-corrected chi connectivity index (χ3v) is 6.75. The lowest BCUT2D eigenvalue weighted by Gasteiger charge is -2.24. The quantitative estimate of drug-likeness (QED) is 0.527. The van der Waals surface area contributed by atoms with Crippen LogP contribution in [-0.2, 0) is 28.7 Å². The minimum absolute atomic E-state index is 0.0401. The van der Waals surface area contributed by atoms with E-state index in [4.69, 9.17) is 9.47 Å². The Bertz CT molecular complexity index is 611. The van der Waals surface area contributed by atoms with E-state index in [0.717, 1.165) is 51.4 Å². The summed E-state index contributed by atoms with van der Waals surface area (Å²) in [5, 5.41) is 0. The van der Waals surface area contributed by atoms with Gasteiger partial charge in [-0.05, 0) is 51.4 Å². The van der Waals surface area contributed by atoms with Crippen molar-refractivity contribution in [2.75, 3.05) is 26.3 Å². The zero-order chi connectivity index (χ0) is 22.8. The predicted molar refractivity (Wildman–Crippen MR) is 118 cm³/mol. The van der Waals surface area contributed by atoms with Gasteiger partial charge in [-0.2, -0.15) is 0 Å². The van der Waals surface area contributed by atoms with Crippen molar-refractivity contribution in [3.63, 3.8) is 0 Å². The largest absolute Gasteiger partial charge is 0.464 e. The van der Waals surface area contributed by atoms with Gasteiger partial charge in [-0.25, -0.2) is 9.59 Å². The Hall–Kier alpha value is -2.12. The molecule has 0 bridgehead atoms. The zero-order valence-corrected chi connectivity index (χ0v) is 19.2. The van der Waals surface area contributed by atoms with Gasteiger partial charge in [-0.3, -0.25) is 9.59 Å². The van der Waals surface area contributed by atoms with E-state index in [2.05, 4.69) is 0 Å². The molecule has 3 saturated heterocycles. The highest BCUT2D eigenvalue weighted by atomic mass is 16.5. The molecule has 0 aliphatic carbocycles. The second-order valence-corrected chi connectivity index (χ2v) is 9.15. The highest BCUT2D eigenvalue weighted by molar-refractivity contribution is 5.86. The molecule has 0 unspecified atom stereocenters. The molecular weight excluding hydrogens is 412 g/mol. The average Bonchev–Trinajstić information content (AvgIpc) is 3.46. The molecule has 2 amide bonds. The number of esters is 2. The number of rotatable bonds is 0. The number of fused-ring (bicyclic) bond motifs is 2. The molecule has 0 saturated carbocycles. The first kappa shape index (κ1) is 24.5. The maximum absolute atomic E-state index is 12.7. The van der Waals surface area contributed by atoms with Gasteiger partial charge in [0, 0.05) is 25.9 Å². The lowest BCUT2D eigenvalue weighted by atomic mass is 10.1. The third-order valence-electron chi connectivity index (χ3n) is 6.75. The van der Waals surface area contributed by atoms with Crippen molar-refractivity contribution < 1.29 is 28.7 Å². The maximum atomic E-state index is 12.7. The fraction of sp³-hybridized carbons (Fsp3) is 0.833. The van der Waals surface area contributed by atoms with Crippen LogP contribution in [0.25, 0.3) is 0 Å². The lowest BCUT2D eigenvalue weighted by Crippen LogP contribution is -2.42. The molecule has 32 heavy (non-hydrogen) atoms. The summed E-state index contributed by atoms with van der Waals surface area (Å²) in [6.45, 7) is 1.98. The number of carbonyl (C=O) groups is 4. The van der Waals surface area contributed by atoms with E-state index in [0.29, 0.717) is 64.8 Å². The third kappa shape index (κ3) is 6.94. The van der Waals surface area contributed by atoms with E-state index in [-0.39, 0.29) is 23.8 Å². The van der Waals surface area contributed by atoms with Crippen molar-refractivity contribution in [3.05, 3.63) is 0 Å². The number of cyclic esters (lactones) is 2. The number of hydrogen-bond donors (Lipinski definition) is 0. The van der Waals surface area contributed by atoms with Gasteiger partial charge in [0.2, 0.25) is 11.8 Å². The molecule has 8 nitrogen and oxygen atoms in total. The molecule has 0 aromatic rings. The van der Waals surface area contributed by atoms with Crippen molar-refractivity contribution in [2.24, 2.45) is 0 Å². The number of nitrogens with zero attached hydrogens (tertiary/aromatic N) is 2. The molecule has 3 aliphatic heterocycles. The zero-order valence-electron chi connectivity index (χ0n) is 19.2. The summed E-state index contributed by atoms with van der Waals surface area (Å²) in [7, 11) is 0. The molecule has 0 spiro atoms. The Morgan fingerprint density at radius 3 is 1.38 bits per heavy atom. The summed E-state index contributed by atoms with van der Waals surface area (Å²) >= 11 is 0. The van der Waals surface area contributed by atoms with Gasteiger partial charge >= 0.3 is 11.9 Å². The molecule has 180 valence electrons. The molecular formula is C24H38N2O6. The molecule has 0 N–H and O–H groups in total. The molecule has 2 atom stereocenters. The van der Waals surface area contributed by atoms with E-state index < -0.39 is 12.1 Å². The van der Waals surface area contributed by atoms with Crippen molar-refractivity contribution in [1.29, 1.82) is 0 Å². The van der Waals surface area contributed by atoms with Crippen molar-refractivity contribution >= 4 is 23.8 Å². The average molecular weight is 451 g/mol. The summed E-state index contributed by atoms with van der Waals surface area (Å²) in [4.78, 5) is 53.5. The van der Waals surface area contributed by atoms with Gasteiger partial charge in [0.25, 0.3) is 0 Å². The van der Waals surface area contributed by atoms with E-state index >= 15 is 0 Å². The summed E-state index contributed by atoms with van der Waals surface area (Å²) in [6, 6.07) is -0.920. The smallest absolute Gasteiger partial charge is 0.328 e. The van der Waals surface area contributed by atoms with Crippen LogP contribution in [-0.4, -0.2) is 71.9 Å². The van der Waals surface area contributed by atoms with E-state index in [1.54, 1.807) is 9.80 Å². The molecule has 3 fully saturated rings. The normalized spacial score (nSPS) is 28.2. The van der Waals surface area contributed by atoms with Crippen LogP contribution in [0, 0.1) is 0 Å². The Morgan fingerprint density at radius 1 is 0.531 bits per heavy atom. The van der Waals surface area contributed by atoms with Crippen molar-refractivity contribution in [2.45, 2.75) is 102 Å². The Balaban J connectivity index is 1.54. The second kappa shape index (κ2) is 12.8. The highest BCUT2D eigenvalue weighted by Gasteiger charge is 2.36. The molecule has 3 rings (SSSR count). The van der Waals surface area contributed by atoms with Gasteiger partial charge in [-0.15, -0.1) is 0 Å². The molecule has 0 aromatic heterocycles. The standard InChI is InChI=1S/C24H38N2O6/c27-21-13-5-6-14-22(28)26-16-10-12-20(26)24(30)32-18-8-4-2-1-3-7-17-31-23(29)19-11-9-15-25(19)21/h19-20H,1-18H2/t19-,20-/m1/s1. The maximum Gasteiger partial charge on any atom is 0.328 e. The summed E-state index contributed by atoms with van der Waals surface area (Å²) in [6.07, 6.45) is 10.5. The van der Waals surface area contributed by atoms with Crippen LogP contribution in [0.1, 0.15) is 89.9 Å². The van der Waals surface area contributed by atoms with Gasteiger partial charge in [0.05, 0.1) is 13.2 Å². The van der Waals surface area contributed by atoms with Crippen LogP contribution in [0.3, 0.4) is 0 Å². The molecule has 3 heterocycles. The molecule has 3 aliphatic rings. The summed E-state index contributed by atoms with van der Waals surface area (Å²) in [5.41, 5.74) is 0. The van der Waals surface area contributed by atoms with Crippen LogP contribution in [0.2, 0.25) is 0 Å². The highest BCUT2D eigenvalue weighted by Crippen LogP contribution is 2.23. The first-order valence-corrected chi connectivity index (χ1v) is 12.5. The SMILES string of the molecule is O=C1OCCCCCCCCOC(=O)[C@H]2CCCN2C(=O)CCCCC(=O)N2CCC[C@H]12. The molecule has 8 heteroatoms.